The second kappa shape index (κ2) is 5.99. The molecule has 110 valence electrons. The zero-order valence-electron chi connectivity index (χ0n) is 12.1. The molecule has 0 spiro atoms. The van der Waals surface area contributed by atoms with Crippen molar-refractivity contribution in [1.82, 2.24) is 10.3 Å². The lowest BCUT2D eigenvalue weighted by molar-refractivity contribution is 0.0929. The molecule has 0 atom stereocenters. The van der Waals surface area contributed by atoms with Crippen LogP contribution in [0.4, 0.5) is 5.82 Å². The van der Waals surface area contributed by atoms with Gasteiger partial charge in [-0.2, -0.15) is 0 Å². The zero-order chi connectivity index (χ0) is 14.7. The van der Waals surface area contributed by atoms with Crippen molar-refractivity contribution in [3.05, 3.63) is 48.0 Å². The maximum Gasteiger partial charge on any atom is 0.255 e. The Morgan fingerprint density at radius 1 is 1.33 bits per heavy atom. The summed E-state index contributed by atoms with van der Waals surface area (Å²) in [4.78, 5) is 18.8. The van der Waals surface area contributed by atoms with Crippen LogP contribution in [-0.4, -0.2) is 30.0 Å². The van der Waals surface area contributed by atoms with E-state index in [1.807, 2.05) is 24.4 Å². The van der Waals surface area contributed by atoms with Crippen LogP contribution in [-0.2, 0) is 0 Å². The molecule has 5 heteroatoms. The van der Waals surface area contributed by atoms with E-state index in [2.05, 4.69) is 15.2 Å². The number of pyridine rings is 1. The van der Waals surface area contributed by atoms with Crippen molar-refractivity contribution in [3.8, 4) is 0 Å². The average molecular weight is 285 g/mol. The Morgan fingerprint density at radius 3 is 2.76 bits per heavy atom. The third-order valence-electron chi connectivity index (χ3n) is 3.91. The zero-order valence-corrected chi connectivity index (χ0v) is 12.1. The molecule has 1 N–H and O–H groups in total. The number of rotatable bonds is 3. The number of amides is 1. The molecule has 1 aliphatic heterocycles. The lowest BCUT2D eigenvalue weighted by Gasteiger charge is -2.33. The fraction of sp³-hybridized carbons (Fsp3) is 0.375. The number of piperidine rings is 1. The maximum atomic E-state index is 12.1. The van der Waals surface area contributed by atoms with Crippen LogP contribution in [0.3, 0.4) is 0 Å². The Kier molecular flexibility index (Phi) is 3.90. The number of hydrogen-bond donors (Lipinski definition) is 1. The normalized spacial score (nSPS) is 16.0. The number of anilines is 1. The lowest BCUT2D eigenvalue weighted by atomic mass is 10.0. The number of nitrogens with one attached hydrogen (secondary N) is 1. The average Bonchev–Trinajstić information content (AvgIpc) is 2.95. The number of carbonyl (C=O) groups excluding carboxylic acids is 1. The summed E-state index contributed by atoms with van der Waals surface area (Å²) < 4.78 is 5.17. The quantitative estimate of drug-likeness (QED) is 0.940. The van der Waals surface area contributed by atoms with Gasteiger partial charge in [0.05, 0.1) is 11.8 Å². The molecule has 2 aromatic heterocycles. The van der Waals surface area contributed by atoms with Gasteiger partial charge in [-0.3, -0.25) is 4.79 Å². The summed E-state index contributed by atoms with van der Waals surface area (Å²) >= 11 is 0. The van der Waals surface area contributed by atoms with Crippen LogP contribution in [0, 0.1) is 6.92 Å². The fourth-order valence-corrected chi connectivity index (χ4v) is 2.68. The first-order valence-electron chi connectivity index (χ1n) is 7.25. The summed E-state index contributed by atoms with van der Waals surface area (Å²) in [5, 5.41) is 3.09. The molecule has 0 aromatic carbocycles. The monoisotopic (exact) mass is 285 g/mol. The van der Waals surface area contributed by atoms with Gasteiger partial charge in [0, 0.05) is 25.3 Å². The molecule has 1 saturated heterocycles. The van der Waals surface area contributed by atoms with Crippen molar-refractivity contribution in [3.63, 3.8) is 0 Å². The van der Waals surface area contributed by atoms with Gasteiger partial charge in [-0.25, -0.2) is 4.98 Å². The number of carbonyl (C=O) groups is 1. The second-order valence-electron chi connectivity index (χ2n) is 5.31. The summed E-state index contributed by atoms with van der Waals surface area (Å²) in [5.74, 6) is 1.63. The highest BCUT2D eigenvalue weighted by Crippen LogP contribution is 2.18. The minimum atomic E-state index is -0.0439. The van der Waals surface area contributed by atoms with Gasteiger partial charge in [-0.15, -0.1) is 0 Å². The van der Waals surface area contributed by atoms with Gasteiger partial charge >= 0.3 is 0 Å². The molecule has 0 saturated carbocycles. The van der Waals surface area contributed by atoms with E-state index in [0.717, 1.165) is 31.7 Å². The Balaban J connectivity index is 1.55. The Morgan fingerprint density at radius 2 is 2.14 bits per heavy atom. The number of furan rings is 1. The third kappa shape index (κ3) is 3.07. The predicted molar refractivity (Wildman–Crippen MR) is 80.4 cm³/mol. The van der Waals surface area contributed by atoms with Gasteiger partial charge in [0.2, 0.25) is 0 Å². The standard InChI is InChI=1S/C16H19N3O2/c1-12-14(7-11-21-12)16(20)18-13-5-9-19(10-6-13)15-4-2-3-8-17-15/h2-4,7-8,11,13H,5-6,9-10H2,1H3,(H,18,20). The highest BCUT2D eigenvalue weighted by Gasteiger charge is 2.22. The van der Waals surface area contributed by atoms with Crippen LogP contribution in [0.25, 0.3) is 0 Å². The van der Waals surface area contributed by atoms with Gasteiger partial charge < -0.3 is 14.6 Å². The van der Waals surface area contributed by atoms with E-state index in [4.69, 9.17) is 4.42 Å². The maximum absolute atomic E-state index is 12.1. The molecule has 3 rings (SSSR count). The van der Waals surface area contributed by atoms with E-state index in [0.29, 0.717) is 11.3 Å². The largest absolute Gasteiger partial charge is 0.469 e. The topological polar surface area (TPSA) is 58.4 Å². The van der Waals surface area contributed by atoms with Crippen molar-refractivity contribution in [2.45, 2.75) is 25.8 Å². The van der Waals surface area contributed by atoms with E-state index in [1.165, 1.54) is 0 Å². The van der Waals surface area contributed by atoms with Crippen LogP contribution < -0.4 is 10.2 Å². The molecule has 2 aromatic rings. The SMILES string of the molecule is Cc1occc1C(=O)NC1CCN(c2ccccn2)CC1. The highest BCUT2D eigenvalue weighted by molar-refractivity contribution is 5.95. The second-order valence-corrected chi connectivity index (χ2v) is 5.31. The summed E-state index contributed by atoms with van der Waals surface area (Å²) in [5.41, 5.74) is 0.627. The van der Waals surface area contributed by atoms with E-state index in [9.17, 15) is 4.79 Å². The number of aromatic nitrogens is 1. The minimum absolute atomic E-state index is 0.0439. The summed E-state index contributed by atoms with van der Waals surface area (Å²) in [6.07, 6.45) is 5.22. The van der Waals surface area contributed by atoms with Crippen molar-refractivity contribution in [2.75, 3.05) is 18.0 Å². The highest BCUT2D eigenvalue weighted by atomic mass is 16.3. The molecule has 0 bridgehead atoms. The Hall–Kier alpha value is -2.30. The van der Waals surface area contributed by atoms with Crippen molar-refractivity contribution < 1.29 is 9.21 Å². The summed E-state index contributed by atoms with van der Waals surface area (Å²) in [7, 11) is 0. The summed E-state index contributed by atoms with van der Waals surface area (Å²) in [6.45, 7) is 3.62. The van der Waals surface area contributed by atoms with Gasteiger partial charge in [-0.05, 0) is 38.0 Å². The van der Waals surface area contributed by atoms with E-state index in [-0.39, 0.29) is 11.9 Å². The molecule has 1 amide bonds. The molecule has 21 heavy (non-hydrogen) atoms. The molecular formula is C16H19N3O2. The molecule has 0 aliphatic carbocycles. The predicted octanol–water partition coefficient (Wildman–Crippen LogP) is 2.38. The molecule has 1 aliphatic rings. The first kappa shape index (κ1) is 13.7. The van der Waals surface area contributed by atoms with Gasteiger partial charge in [0.1, 0.15) is 11.6 Å². The van der Waals surface area contributed by atoms with E-state index < -0.39 is 0 Å². The molecular weight excluding hydrogens is 266 g/mol. The molecule has 1 fully saturated rings. The molecule has 3 heterocycles. The smallest absolute Gasteiger partial charge is 0.255 e. The van der Waals surface area contributed by atoms with Crippen LogP contribution in [0.15, 0.2) is 41.1 Å². The van der Waals surface area contributed by atoms with E-state index in [1.54, 1.807) is 19.3 Å². The van der Waals surface area contributed by atoms with Crippen molar-refractivity contribution in [2.24, 2.45) is 0 Å². The fourth-order valence-electron chi connectivity index (χ4n) is 2.68. The Bertz CT molecular complexity index is 601. The van der Waals surface area contributed by atoms with Gasteiger partial charge in [0.15, 0.2) is 0 Å². The number of hydrogen-bond acceptors (Lipinski definition) is 4. The third-order valence-corrected chi connectivity index (χ3v) is 3.91. The van der Waals surface area contributed by atoms with E-state index >= 15 is 0 Å². The van der Waals surface area contributed by atoms with Gasteiger partial charge in [0.25, 0.3) is 5.91 Å². The van der Waals surface area contributed by atoms with Gasteiger partial charge in [-0.1, -0.05) is 6.07 Å². The lowest BCUT2D eigenvalue weighted by Crippen LogP contribution is -2.45. The van der Waals surface area contributed by atoms with Crippen LogP contribution >= 0.6 is 0 Å². The Labute approximate surface area is 124 Å². The molecule has 5 nitrogen and oxygen atoms in total. The van der Waals surface area contributed by atoms with Crippen LogP contribution in [0.5, 0.6) is 0 Å². The number of nitrogens with zero attached hydrogens (tertiary/aromatic N) is 2. The van der Waals surface area contributed by atoms with Crippen molar-refractivity contribution in [1.29, 1.82) is 0 Å². The van der Waals surface area contributed by atoms with Crippen LogP contribution in [0.2, 0.25) is 0 Å². The van der Waals surface area contributed by atoms with Crippen LogP contribution in [0.1, 0.15) is 29.0 Å². The molecule has 0 radical (unpaired) electrons. The first-order chi connectivity index (χ1) is 10.2. The number of aryl methyl sites for hydroxylation is 1. The molecule has 0 unspecified atom stereocenters. The summed E-state index contributed by atoms with van der Waals surface area (Å²) in [6, 6.07) is 7.87. The first-order valence-corrected chi connectivity index (χ1v) is 7.25. The minimum Gasteiger partial charge on any atom is -0.469 e. The van der Waals surface area contributed by atoms with Crippen molar-refractivity contribution >= 4 is 11.7 Å².